The number of rotatable bonds is 10. The molecule has 0 aliphatic rings. The molecule has 0 saturated carbocycles. The normalized spacial score (nSPS) is 11.8. The van der Waals surface area contributed by atoms with Gasteiger partial charge in [-0.05, 0) is 52.6 Å². The van der Waals surface area contributed by atoms with Gasteiger partial charge >= 0.3 is 12.1 Å². The van der Waals surface area contributed by atoms with Gasteiger partial charge in [0.05, 0.1) is 25.0 Å². The Labute approximate surface area is 205 Å². The molecule has 0 spiro atoms. The van der Waals surface area contributed by atoms with Crippen LogP contribution in [0.2, 0.25) is 0 Å². The van der Waals surface area contributed by atoms with Crippen LogP contribution >= 0.6 is 0 Å². The van der Waals surface area contributed by atoms with Crippen LogP contribution in [0, 0.1) is 0 Å². The molecule has 0 aromatic heterocycles. The third kappa shape index (κ3) is 7.08. The molecule has 3 aromatic rings. The first-order chi connectivity index (χ1) is 17.2. The lowest BCUT2D eigenvalue weighted by Gasteiger charge is -2.16. The maximum Gasteiger partial charge on any atom is 0.416 e. The van der Waals surface area contributed by atoms with Crippen LogP contribution in [0.5, 0.6) is 5.75 Å². The number of alkyl halides is 3. The second-order valence-corrected chi connectivity index (χ2v) is 7.72. The molecule has 0 heterocycles. The van der Waals surface area contributed by atoms with Gasteiger partial charge in [0, 0.05) is 0 Å². The van der Waals surface area contributed by atoms with Crippen LogP contribution in [0.1, 0.15) is 29.0 Å². The summed E-state index contributed by atoms with van der Waals surface area (Å²) >= 11 is 0. The van der Waals surface area contributed by atoms with Gasteiger partial charge in [0.15, 0.2) is 0 Å². The van der Waals surface area contributed by atoms with E-state index in [1.165, 1.54) is 19.2 Å². The van der Waals surface area contributed by atoms with Crippen LogP contribution in [-0.4, -0.2) is 25.4 Å². The first kappa shape index (κ1) is 26.3. The highest BCUT2D eigenvalue weighted by molar-refractivity contribution is 5.88. The molecule has 0 bridgehead atoms. The van der Waals surface area contributed by atoms with Crippen molar-refractivity contribution in [2.45, 2.75) is 25.1 Å². The monoisotopic (exact) mass is 500 g/mol. The maximum absolute atomic E-state index is 12.8. The Hall–Kier alpha value is -4.34. The summed E-state index contributed by atoms with van der Waals surface area (Å²) in [5, 5.41) is 0. The molecule has 1 atom stereocenters. The Morgan fingerprint density at radius 1 is 0.972 bits per heavy atom. The highest BCUT2D eigenvalue weighted by Crippen LogP contribution is 2.31. The Morgan fingerprint density at radius 2 is 1.67 bits per heavy atom. The predicted octanol–water partition coefficient (Wildman–Crippen LogP) is 4.38. The Morgan fingerprint density at radius 3 is 2.28 bits per heavy atom. The zero-order chi connectivity index (χ0) is 26.1. The van der Waals surface area contributed by atoms with Gasteiger partial charge in [0.25, 0.3) is 0 Å². The number of carbonyl (C=O) groups is 3. The number of benzene rings is 3. The Kier molecular flexibility index (Phi) is 8.66. The number of esters is 1. The number of hydrazine groups is 1. The maximum atomic E-state index is 12.8. The minimum Gasteiger partial charge on any atom is -0.489 e. The zero-order valence-electron chi connectivity index (χ0n) is 19.2. The molecule has 7 nitrogen and oxygen atoms in total. The van der Waals surface area contributed by atoms with E-state index in [9.17, 15) is 27.6 Å². The van der Waals surface area contributed by atoms with E-state index < -0.39 is 29.5 Å². The molecule has 2 amide bonds. The van der Waals surface area contributed by atoms with Crippen LogP contribution in [-0.2, 0) is 31.9 Å². The minimum atomic E-state index is -4.39. The lowest BCUT2D eigenvalue weighted by Crippen LogP contribution is -2.40. The van der Waals surface area contributed by atoms with Crippen LogP contribution in [0.3, 0.4) is 0 Å². The summed E-state index contributed by atoms with van der Waals surface area (Å²) < 4.78 is 48.9. The van der Waals surface area contributed by atoms with Gasteiger partial charge in [0.2, 0.25) is 12.3 Å². The van der Waals surface area contributed by atoms with Crippen molar-refractivity contribution >= 4 is 18.3 Å². The molecule has 0 aliphatic carbocycles. The fourth-order valence-electron chi connectivity index (χ4n) is 3.45. The summed E-state index contributed by atoms with van der Waals surface area (Å²) in [6, 6.07) is 18.7. The summed E-state index contributed by atoms with van der Waals surface area (Å²) in [6.07, 6.45) is -4.31. The van der Waals surface area contributed by atoms with Crippen molar-refractivity contribution < 1.29 is 37.0 Å². The second-order valence-electron chi connectivity index (χ2n) is 7.72. The molecule has 0 fully saturated rings. The first-order valence-corrected chi connectivity index (χ1v) is 10.8. The number of ether oxygens (including phenoxy) is 2. The number of hydrogen-bond acceptors (Lipinski definition) is 5. The van der Waals surface area contributed by atoms with E-state index in [0.29, 0.717) is 23.3 Å². The van der Waals surface area contributed by atoms with Crippen LogP contribution in [0.25, 0.3) is 11.1 Å². The summed E-state index contributed by atoms with van der Waals surface area (Å²) in [5.41, 5.74) is 6.27. The van der Waals surface area contributed by atoms with Gasteiger partial charge in [-0.2, -0.15) is 13.2 Å². The average molecular weight is 500 g/mol. The molecule has 1 unspecified atom stereocenters. The third-order valence-electron chi connectivity index (χ3n) is 5.33. The molecule has 3 rings (SSSR count). The number of carbonyl (C=O) groups excluding carboxylic acids is 3. The van der Waals surface area contributed by atoms with Gasteiger partial charge in [-0.15, -0.1) is 0 Å². The summed E-state index contributed by atoms with van der Waals surface area (Å²) in [4.78, 5) is 34.5. The molecule has 188 valence electrons. The standard InChI is InChI=1S/C26H23F3N2O5/c1-35-24(33)14-23(25(34)31-30-16-32)19-7-11-22(12-8-19)36-15-17-3-2-4-20(13-17)18-5-9-21(10-6-18)26(27,28)29/h2-13,16,23H,14-15H2,1H3,(H,30,32)(H,31,34). The topological polar surface area (TPSA) is 93.7 Å². The molecule has 0 radical (unpaired) electrons. The highest BCUT2D eigenvalue weighted by Gasteiger charge is 2.30. The van der Waals surface area contributed by atoms with Gasteiger partial charge in [-0.3, -0.25) is 25.2 Å². The molecular weight excluding hydrogens is 477 g/mol. The van der Waals surface area contributed by atoms with Crippen LogP contribution in [0.4, 0.5) is 13.2 Å². The number of halogens is 3. The lowest BCUT2D eigenvalue weighted by atomic mass is 9.95. The summed E-state index contributed by atoms with van der Waals surface area (Å²) in [7, 11) is 1.21. The SMILES string of the molecule is COC(=O)CC(C(=O)NNC=O)c1ccc(OCc2cccc(-c3ccc(C(F)(F)F)cc3)c2)cc1. The van der Waals surface area contributed by atoms with Crippen LogP contribution < -0.4 is 15.6 Å². The quantitative estimate of drug-likeness (QED) is 0.245. The van der Waals surface area contributed by atoms with Crippen LogP contribution in [0.15, 0.2) is 72.8 Å². The van der Waals surface area contributed by atoms with E-state index in [1.54, 1.807) is 36.4 Å². The van der Waals surface area contributed by atoms with Gasteiger partial charge in [0.1, 0.15) is 12.4 Å². The van der Waals surface area contributed by atoms with Gasteiger partial charge in [-0.1, -0.05) is 42.5 Å². The van der Waals surface area contributed by atoms with E-state index in [1.807, 2.05) is 12.1 Å². The molecule has 10 heteroatoms. The molecular formula is C26H23F3N2O5. The number of amides is 2. The van der Waals surface area contributed by atoms with Gasteiger partial charge in [-0.25, -0.2) is 0 Å². The van der Waals surface area contributed by atoms with Crippen molar-refractivity contribution in [2.24, 2.45) is 0 Å². The van der Waals surface area contributed by atoms with Crippen molar-refractivity contribution in [2.75, 3.05) is 7.11 Å². The lowest BCUT2D eigenvalue weighted by molar-refractivity contribution is -0.143. The second kappa shape index (κ2) is 11.9. The predicted molar refractivity (Wildman–Crippen MR) is 124 cm³/mol. The van der Waals surface area contributed by atoms with E-state index in [4.69, 9.17) is 4.74 Å². The summed E-state index contributed by atoms with van der Waals surface area (Å²) in [5.74, 6) is -1.56. The van der Waals surface area contributed by atoms with Gasteiger partial charge < -0.3 is 9.47 Å². The minimum absolute atomic E-state index is 0.198. The molecule has 36 heavy (non-hydrogen) atoms. The molecule has 0 saturated heterocycles. The number of nitrogens with one attached hydrogen (secondary N) is 2. The third-order valence-corrected chi connectivity index (χ3v) is 5.33. The summed E-state index contributed by atoms with van der Waals surface area (Å²) in [6.45, 7) is 0.198. The molecule has 2 N–H and O–H groups in total. The molecule has 0 aliphatic heterocycles. The zero-order valence-corrected chi connectivity index (χ0v) is 19.2. The average Bonchev–Trinajstić information content (AvgIpc) is 2.89. The fourth-order valence-corrected chi connectivity index (χ4v) is 3.45. The fraction of sp³-hybridized carbons (Fsp3) is 0.192. The van der Waals surface area contributed by atoms with Crippen molar-refractivity contribution in [3.8, 4) is 16.9 Å². The van der Waals surface area contributed by atoms with E-state index in [-0.39, 0.29) is 13.0 Å². The van der Waals surface area contributed by atoms with Crippen molar-refractivity contribution in [3.63, 3.8) is 0 Å². The molecule has 3 aromatic carbocycles. The van der Waals surface area contributed by atoms with E-state index in [0.717, 1.165) is 23.3 Å². The highest BCUT2D eigenvalue weighted by atomic mass is 19.4. The van der Waals surface area contributed by atoms with E-state index >= 15 is 0 Å². The number of hydrogen-bond donors (Lipinski definition) is 2. The van der Waals surface area contributed by atoms with Crippen molar-refractivity contribution in [1.29, 1.82) is 0 Å². The Balaban J connectivity index is 1.68. The Bertz CT molecular complexity index is 1200. The first-order valence-electron chi connectivity index (χ1n) is 10.8. The number of methoxy groups -OCH3 is 1. The van der Waals surface area contributed by atoms with Crippen molar-refractivity contribution in [3.05, 3.63) is 89.5 Å². The smallest absolute Gasteiger partial charge is 0.416 e. The largest absolute Gasteiger partial charge is 0.489 e. The van der Waals surface area contributed by atoms with E-state index in [2.05, 4.69) is 15.6 Å². The van der Waals surface area contributed by atoms with Crippen molar-refractivity contribution in [1.82, 2.24) is 10.9 Å².